The first-order valence-corrected chi connectivity index (χ1v) is 7.12. The fourth-order valence-corrected chi connectivity index (χ4v) is 1.91. The van der Waals surface area contributed by atoms with E-state index >= 15 is 0 Å². The summed E-state index contributed by atoms with van der Waals surface area (Å²) < 4.78 is 10.2. The summed E-state index contributed by atoms with van der Waals surface area (Å²) in [6.07, 6.45) is 3.22. The Bertz CT molecular complexity index is 191. The largest absolute Gasteiger partial charge is 0.394 e. The van der Waals surface area contributed by atoms with E-state index in [1.807, 2.05) is 7.05 Å². The van der Waals surface area contributed by atoms with Crippen LogP contribution >= 0.6 is 0 Å². The highest BCUT2D eigenvalue weighted by molar-refractivity contribution is 4.80. The van der Waals surface area contributed by atoms with Crippen LogP contribution in [0.3, 0.4) is 0 Å². The van der Waals surface area contributed by atoms with Crippen LogP contribution < -0.4 is 5.32 Å². The molecule has 1 unspecified atom stereocenters. The Morgan fingerprint density at radius 1 is 1.05 bits per heavy atom. The molecule has 0 amide bonds. The number of unbranched alkanes of at least 4 members (excludes halogenated alkanes) is 1. The summed E-state index contributed by atoms with van der Waals surface area (Å²) in [5.41, 5.74) is -0.149. The Morgan fingerprint density at radius 3 is 2.05 bits per heavy atom. The molecule has 0 aromatic heterocycles. The standard InChI is InChI=1S/C14H32N2O3/c1-14(13-17,15-2)7-5-6-8-16(9-11-18-3)10-12-19-4/h15,17H,5-13H2,1-4H3. The summed E-state index contributed by atoms with van der Waals surface area (Å²) in [5, 5.41) is 12.5. The molecule has 0 fully saturated rings. The van der Waals surface area contributed by atoms with Gasteiger partial charge in [0.2, 0.25) is 0 Å². The number of ether oxygens (including phenoxy) is 2. The number of methoxy groups -OCH3 is 2. The van der Waals surface area contributed by atoms with Gasteiger partial charge in [-0.15, -0.1) is 0 Å². The zero-order valence-corrected chi connectivity index (χ0v) is 13.1. The van der Waals surface area contributed by atoms with Crippen molar-refractivity contribution in [3.63, 3.8) is 0 Å². The van der Waals surface area contributed by atoms with E-state index in [0.29, 0.717) is 0 Å². The molecular formula is C14H32N2O3. The molecule has 0 aliphatic carbocycles. The van der Waals surface area contributed by atoms with Crippen molar-refractivity contribution in [2.75, 3.05) is 60.7 Å². The van der Waals surface area contributed by atoms with Gasteiger partial charge < -0.3 is 19.9 Å². The highest BCUT2D eigenvalue weighted by atomic mass is 16.5. The number of rotatable bonds is 13. The third kappa shape index (κ3) is 9.35. The lowest BCUT2D eigenvalue weighted by Gasteiger charge is -2.27. The molecule has 0 aromatic carbocycles. The molecule has 0 heterocycles. The van der Waals surface area contributed by atoms with Gasteiger partial charge in [-0.1, -0.05) is 6.42 Å². The minimum absolute atomic E-state index is 0.149. The molecule has 0 aliphatic heterocycles. The fourth-order valence-electron chi connectivity index (χ4n) is 1.91. The van der Waals surface area contributed by atoms with E-state index in [1.54, 1.807) is 14.2 Å². The third-order valence-electron chi connectivity index (χ3n) is 3.63. The van der Waals surface area contributed by atoms with Gasteiger partial charge in [-0.25, -0.2) is 0 Å². The van der Waals surface area contributed by atoms with E-state index in [-0.39, 0.29) is 12.1 Å². The van der Waals surface area contributed by atoms with Crippen molar-refractivity contribution in [2.45, 2.75) is 31.7 Å². The van der Waals surface area contributed by atoms with Crippen LogP contribution in [-0.4, -0.2) is 76.3 Å². The lowest BCUT2D eigenvalue weighted by molar-refractivity contribution is 0.111. The molecule has 0 spiro atoms. The van der Waals surface area contributed by atoms with Crippen LogP contribution in [-0.2, 0) is 9.47 Å². The molecule has 0 saturated heterocycles. The number of aliphatic hydroxyl groups excluding tert-OH is 1. The van der Waals surface area contributed by atoms with Crippen molar-refractivity contribution in [2.24, 2.45) is 0 Å². The second-order valence-corrected chi connectivity index (χ2v) is 5.25. The van der Waals surface area contributed by atoms with Crippen LogP contribution in [0.1, 0.15) is 26.2 Å². The van der Waals surface area contributed by atoms with Crippen LogP contribution in [0.4, 0.5) is 0 Å². The molecule has 116 valence electrons. The molecule has 0 aliphatic rings. The SMILES string of the molecule is CNC(C)(CO)CCCCN(CCOC)CCOC. The monoisotopic (exact) mass is 276 g/mol. The van der Waals surface area contributed by atoms with E-state index in [9.17, 15) is 5.11 Å². The average Bonchev–Trinajstić information content (AvgIpc) is 2.45. The van der Waals surface area contributed by atoms with E-state index < -0.39 is 0 Å². The van der Waals surface area contributed by atoms with E-state index in [1.165, 1.54) is 0 Å². The predicted molar refractivity (Wildman–Crippen MR) is 78.6 cm³/mol. The van der Waals surface area contributed by atoms with Gasteiger partial charge in [0.25, 0.3) is 0 Å². The van der Waals surface area contributed by atoms with Gasteiger partial charge in [0, 0.05) is 32.8 Å². The number of aliphatic hydroxyl groups is 1. The number of hydrogen-bond acceptors (Lipinski definition) is 5. The van der Waals surface area contributed by atoms with Crippen molar-refractivity contribution in [3.8, 4) is 0 Å². The highest BCUT2D eigenvalue weighted by Gasteiger charge is 2.19. The Kier molecular flexibility index (Phi) is 11.5. The van der Waals surface area contributed by atoms with Crippen molar-refractivity contribution in [3.05, 3.63) is 0 Å². The van der Waals surface area contributed by atoms with Crippen molar-refractivity contribution < 1.29 is 14.6 Å². The van der Waals surface area contributed by atoms with Gasteiger partial charge in [0.15, 0.2) is 0 Å². The van der Waals surface area contributed by atoms with Gasteiger partial charge in [-0.2, -0.15) is 0 Å². The lowest BCUT2D eigenvalue weighted by atomic mass is 9.96. The topological polar surface area (TPSA) is 54.0 Å². The maximum atomic E-state index is 9.32. The molecule has 1 atom stereocenters. The van der Waals surface area contributed by atoms with Crippen LogP contribution in [0.25, 0.3) is 0 Å². The van der Waals surface area contributed by atoms with Gasteiger partial charge in [0.1, 0.15) is 0 Å². The summed E-state index contributed by atoms with van der Waals surface area (Å²) in [4.78, 5) is 2.36. The number of nitrogens with zero attached hydrogens (tertiary/aromatic N) is 1. The number of hydrogen-bond donors (Lipinski definition) is 2. The quantitative estimate of drug-likeness (QED) is 0.486. The third-order valence-corrected chi connectivity index (χ3v) is 3.63. The molecule has 0 aromatic rings. The smallest absolute Gasteiger partial charge is 0.0610 e. The number of nitrogens with one attached hydrogen (secondary N) is 1. The Balaban J connectivity index is 3.84. The summed E-state index contributed by atoms with van der Waals surface area (Å²) in [6.45, 7) is 6.70. The summed E-state index contributed by atoms with van der Waals surface area (Å²) in [6, 6.07) is 0. The maximum absolute atomic E-state index is 9.32. The second kappa shape index (κ2) is 11.6. The van der Waals surface area contributed by atoms with Crippen LogP contribution in [0.5, 0.6) is 0 Å². The second-order valence-electron chi connectivity index (χ2n) is 5.25. The molecule has 5 nitrogen and oxygen atoms in total. The van der Waals surface area contributed by atoms with Crippen LogP contribution in [0.2, 0.25) is 0 Å². The normalized spacial score (nSPS) is 14.8. The molecule has 0 radical (unpaired) electrons. The summed E-state index contributed by atoms with van der Waals surface area (Å²) >= 11 is 0. The van der Waals surface area contributed by atoms with Crippen LogP contribution in [0.15, 0.2) is 0 Å². The zero-order chi connectivity index (χ0) is 14.6. The van der Waals surface area contributed by atoms with Crippen molar-refractivity contribution in [1.82, 2.24) is 10.2 Å². The van der Waals surface area contributed by atoms with Crippen molar-refractivity contribution in [1.29, 1.82) is 0 Å². The predicted octanol–water partition coefficient (Wildman–Crippen LogP) is 0.722. The molecule has 0 rings (SSSR count). The zero-order valence-electron chi connectivity index (χ0n) is 13.1. The minimum atomic E-state index is -0.149. The minimum Gasteiger partial charge on any atom is -0.394 e. The summed E-state index contributed by atoms with van der Waals surface area (Å²) in [5.74, 6) is 0. The van der Waals surface area contributed by atoms with Crippen molar-refractivity contribution >= 4 is 0 Å². The van der Waals surface area contributed by atoms with Gasteiger partial charge >= 0.3 is 0 Å². The van der Waals surface area contributed by atoms with E-state index in [2.05, 4.69) is 17.1 Å². The maximum Gasteiger partial charge on any atom is 0.0610 e. The molecular weight excluding hydrogens is 244 g/mol. The highest BCUT2D eigenvalue weighted by Crippen LogP contribution is 2.12. The lowest BCUT2D eigenvalue weighted by Crippen LogP contribution is -2.43. The molecule has 19 heavy (non-hydrogen) atoms. The summed E-state index contributed by atoms with van der Waals surface area (Å²) in [7, 11) is 5.36. The first-order chi connectivity index (χ1) is 9.11. The molecule has 0 saturated carbocycles. The Hall–Kier alpha value is -0.200. The Labute approximate surface area is 118 Å². The van der Waals surface area contributed by atoms with E-state index in [4.69, 9.17) is 9.47 Å². The molecule has 5 heteroatoms. The average molecular weight is 276 g/mol. The van der Waals surface area contributed by atoms with E-state index in [0.717, 1.165) is 52.1 Å². The van der Waals surface area contributed by atoms with Crippen LogP contribution in [0, 0.1) is 0 Å². The van der Waals surface area contributed by atoms with Gasteiger partial charge in [-0.3, -0.25) is 4.90 Å². The first-order valence-electron chi connectivity index (χ1n) is 7.12. The van der Waals surface area contributed by atoms with Gasteiger partial charge in [-0.05, 0) is 33.4 Å². The molecule has 2 N–H and O–H groups in total. The van der Waals surface area contributed by atoms with Gasteiger partial charge in [0.05, 0.1) is 19.8 Å². The molecule has 0 bridgehead atoms. The first kappa shape index (κ1) is 18.8. The Morgan fingerprint density at radius 2 is 1.63 bits per heavy atom. The number of likely N-dealkylation sites (N-methyl/N-ethyl adjacent to an activating group) is 1. The fraction of sp³-hybridized carbons (Fsp3) is 1.00.